The lowest BCUT2D eigenvalue weighted by atomic mass is 9.97. The molecule has 1 unspecified atom stereocenters. The summed E-state index contributed by atoms with van der Waals surface area (Å²) in [6.07, 6.45) is 3.51. The van der Waals surface area contributed by atoms with Crippen LogP contribution in [0.15, 0.2) is 24.3 Å². The molecule has 26 heavy (non-hydrogen) atoms. The molecule has 1 fully saturated rings. The highest BCUT2D eigenvalue weighted by Gasteiger charge is 2.32. The van der Waals surface area contributed by atoms with Crippen molar-refractivity contribution >= 4 is 46.0 Å². The molecule has 0 N–H and O–H groups in total. The molecule has 138 valence electrons. The maximum atomic E-state index is 11.9. The SMILES string of the molecule is CC(=O)c1cc2c(s1)CCN(c1ccc(Cl)c(Cl)c1)C2CN1CCCC1. The zero-order chi connectivity index (χ0) is 18.3. The molecule has 2 aliphatic rings. The first-order valence-electron chi connectivity index (χ1n) is 9.10. The minimum Gasteiger partial charge on any atom is -0.363 e. The third-order valence-corrected chi connectivity index (χ3v) is 7.42. The fraction of sp³-hybridized carbons (Fsp3) is 0.450. The first-order valence-corrected chi connectivity index (χ1v) is 10.7. The standard InChI is InChI=1S/C20H22Cl2N2OS/c1-13(25)20-11-15-18(12-23-7-2-3-8-23)24(9-6-19(15)26-20)14-4-5-16(21)17(22)10-14/h4-5,10-11,18H,2-3,6-9,12H2,1H3. The summed E-state index contributed by atoms with van der Waals surface area (Å²) >= 11 is 14.1. The Balaban J connectivity index is 1.71. The highest BCUT2D eigenvalue weighted by atomic mass is 35.5. The van der Waals surface area contributed by atoms with Gasteiger partial charge in [-0.05, 0) is 69.1 Å². The van der Waals surface area contributed by atoms with E-state index >= 15 is 0 Å². The number of anilines is 1. The summed E-state index contributed by atoms with van der Waals surface area (Å²) in [7, 11) is 0. The molecule has 1 atom stereocenters. The van der Waals surface area contributed by atoms with Crippen molar-refractivity contribution < 1.29 is 4.79 Å². The van der Waals surface area contributed by atoms with Crippen LogP contribution in [0.3, 0.4) is 0 Å². The van der Waals surface area contributed by atoms with Gasteiger partial charge in [-0.1, -0.05) is 23.2 Å². The van der Waals surface area contributed by atoms with E-state index in [-0.39, 0.29) is 11.8 Å². The summed E-state index contributed by atoms with van der Waals surface area (Å²) in [5, 5.41) is 1.17. The molecule has 0 amide bonds. The Kier molecular flexibility index (Phi) is 5.29. The van der Waals surface area contributed by atoms with Crippen LogP contribution in [0.4, 0.5) is 5.69 Å². The smallest absolute Gasteiger partial charge is 0.169 e. The molecular weight excluding hydrogens is 387 g/mol. The van der Waals surface area contributed by atoms with Crippen LogP contribution in [0.5, 0.6) is 0 Å². The van der Waals surface area contributed by atoms with E-state index in [1.165, 1.54) is 23.3 Å². The number of hydrogen-bond acceptors (Lipinski definition) is 4. The number of thiophene rings is 1. The summed E-state index contributed by atoms with van der Waals surface area (Å²) in [6, 6.07) is 8.25. The van der Waals surface area contributed by atoms with Gasteiger partial charge in [0.25, 0.3) is 0 Å². The van der Waals surface area contributed by atoms with Crippen molar-refractivity contribution in [1.29, 1.82) is 0 Å². The zero-order valence-corrected chi connectivity index (χ0v) is 17.1. The van der Waals surface area contributed by atoms with Gasteiger partial charge >= 0.3 is 0 Å². The average Bonchev–Trinajstić information content (AvgIpc) is 3.27. The second kappa shape index (κ2) is 7.51. The Bertz CT molecular complexity index is 829. The van der Waals surface area contributed by atoms with E-state index in [1.807, 2.05) is 12.1 Å². The predicted octanol–water partition coefficient (Wildman–Crippen LogP) is 5.46. The predicted molar refractivity (Wildman–Crippen MR) is 110 cm³/mol. The minimum absolute atomic E-state index is 0.158. The van der Waals surface area contributed by atoms with Gasteiger partial charge in [0.05, 0.1) is 21.0 Å². The second-order valence-corrected chi connectivity index (χ2v) is 9.06. The van der Waals surface area contributed by atoms with Crippen LogP contribution in [0.25, 0.3) is 0 Å². The largest absolute Gasteiger partial charge is 0.363 e. The number of fused-ring (bicyclic) bond motifs is 1. The van der Waals surface area contributed by atoms with Gasteiger partial charge < -0.3 is 9.80 Å². The van der Waals surface area contributed by atoms with E-state index in [0.717, 1.165) is 43.2 Å². The third-order valence-electron chi connectivity index (χ3n) is 5.37. The monoisotopic (exact) mass is 408 g/mol. The number of halogens is 2. The molecule has 4 rings (SSSR count). The lowest BCUT2D eigenvalue weighted by Gasteiger charge is -2.39. The van der Waals surface area contributed by atoms with E-state index < -0.39 is 0 Å². The molecule has 0 spiro atoms. The minimum atomic E-state index is 0.158. The second-order valence-electron chi connectivity index (χ2n) is 7.11. The molecule has 2 aliphatic heterocycles. The van der Waals surface area contributed by atoms with Crippen LogP contribution in [0, 0.1) is 0 Å². The normalized spacial score (nSPS) is 20.4. The first kappa shape index (κ1) is 18.3. The van der Waals surface area contributed by atoms with Crippen molar-refractivity contribution in [2.24, 2.45) is 0 Å². The van der Waals surface area contributed by atoms with E-state index in [9.17, 15) is 4.79 Å². The molecule has 0 radical (unpaired) electrons. The van der Waals surface area contributed by atoms with E-state index in [2.05, 4.69) is 21.9 Å². The summed E-state index contributed by atoms with van der Waals surface area (Å²) in [5.41, 5.74) is 2.41. The quantitative estimate of drug-likeness (QED) is 0.627. The van der Waals surface area contributed by atoms with Gasteiger partial charge in [-0.3, -0.25) is 4.79 Å². The number of Topliss-reactive ketones (excluding diaryl/α,β-unsaturated/α-hetero) is 1. The zero-order valence-electron chi connectivity index (χ0n) is 14.8. The number of nitrogens with zero attached hydrogens (tertiary/aromatic N) is 2. The Hall–Kier alpha value is -1.07. The summed E-state index contributed by atoms with van der Waals surface area (Å²) in [6.45, 7) is 5.89. The van der Waals surface area contributed by atoms with Crippen molar-refractivity contribution in [2.45, 2.75) is 32.2 Å². The van der Waals surface area contributed by atoms with Crippen LogP contribution >= 0.6 is 34.5 Å². The lowest BCUT2D eigenvalue weighted by molar-refractivity contribution is 0.102. The third kappa shape index (κ3) is 3.53. The maximum Gasteiger partial charge on any atom is 0.169 e. The Morgan fingerprint density at radius 1 is 1.15 bits per heavy atom. The fourth-order valence-corrected chi connectivity index (χ4v) is 5.41. The lowest BCUT2D eigenvalue weighted by Crippen LogP contribution is -2.41. The molecule has 0 bridgehead atoms. The van der Waals surface area contributed by atoms with E-state index in [1.54, 1.807) is 18.3 Å². The van der Waals surface area contributed by atoms with Crippen molar-refractivity contribution in [3.05, 3.63) is 49.6 Å². The molecule has 1 saturated heterocycles. The number of ketones is 1. The van der Waals surface area contributed by atoms with Crippen molar-refractivity contribution in [1.82, 2.24) is 4.90 Å². The number of rotatable bonds is 4. The first-order chi connectivity index (χ1) is 12.5. The van der Waals surface area contributed by atoms with Crippen LogP contribution < -0.4 is 4.90 Å². The summed E-state index contributed by atoms with van der Waals surface area (Å²) in [5.74, 6) is 0.158. The van der Waals surface area contributed by atoms with Gasteiger partial charge in [0.2, 0.25) is 0 Å². The number of carbonyl (C=O) groups is 1. The molecular formula is C20H22Cl2N2OS. The van der Waals surface area contributed by atoms with E-state index in [0.29, 0.717) is 10.0 Å². The van der Waals surface area contributed by atoms with Gasteiger partial charge in [-0.15, -0.1) is 11.3 Å². The highest BCUT2D eigenvalue weighted by molar-refractivity contribution is 7.14. The van der Waals surface area contributed by atoms with Crippen molar-refractivity contribution in [2.75, 3.05) is 31.1 Å². The van der Waals surface area contributed by atoms with Crippen LogP contribution in [-0.4, -0.2) is 36.9 Å². The van der Waals surface area contributed by atoms with Gasteiger partial charge in [0.1, 0.15) is 0 Å². The highest BCUT2D eigenvalue weighted by Crippen LogP contribution is 2.40. The Morgan fingerprint density at radius 2 is 1.92 bits per heavy atom. The van der Waals surface area contributed by atoms with Crippen molar-refractivity contribution in [3.8, 4) is 0 Å². The van der Waals surface area contributed by atoms with Gasteiger partial charge in [-0.25, -0.2) is 0 Å². The molecule has 0 aliphatic carbocycles. The number of carbonyl (C=O) groups excluding carboxylic acids is 1. The summed E-state index contributed by atoms with van der Waals surface area (Å²) < 4.78 is 0. The fourth-order valence-electron chi connectivity index (χ4n) is 4.02. The molecule has 3 heterocycles. The number of benzene rings is 1. The van der Waals surface area contributed by atoms with Gasteiger partial charge in [-0.2, -0.15) is 0 Å². The number of hydrogen-bond donors (Lipinski definition) is 0. The Labute approximate surface area is 168 Å². The molecule has 6 heteroatoms. The average molecular weight is 409 g/mol. The van der Waals surface area contributed by atoms with Crippen molar-refractivity contribution in [3.63, 3.8) is 0 Å². The van der Waals surface area contributed by atoms with Crippen LogP contribution in [0.2, 0.25) is 10.0 Å². The molecule has 1 aromatic carbocycles. The van der Waals surface area contributed by atoms with Crippen LogP contribution in [0.1, 0.15) is 45.9 Å². The molecule has 2 aromatic rings. The molecule has 0 saturated carbocycles. The Morgan fingerprint density at radius 3 is 2.62 bits per heavy atom. The number of likely N-dealkylation sites (tertiary alicyclic amines) is 1. The van der Waals surface area contributed by atoms with Gasteiger partial charge in [0.15, 0.2) is 5.78 Å². The topological polar surface area (TPSA) is 23.6 Å². The van der Waals surface area contributed by atoms with Gasteiger partial charge in [0, 0.05) is 23.7 Å². The molecule has 1 aromatic heterocycles. The van der Waals surface area contributed by atoms with Crippen LogP contribution in [-0.2, 0) is 6.42 Å². The maximum absolute atomic E-state index is 11.9. The molecule has 3 nitrogen and oxygen atoms in total. The summed E-state index contributed by atoms with van der Waals surface area (Å²) in [4.78, 5) is 19.1. The van der Waals surface area contributed by atoms with E-state index in [4.69, 9.17) is 23.2 Å².